The van der Waals surface area contributed by atoms with Crippen molar-refractivity contribution in [2.24, 2.45) is 0 Å². The van der Waals surface area contributed by atoms with Crippen molar-refractivity contribution in [3.8, 4) is 0 Å². The van der Waals surface area contributed by atoms with Gasteiger partial charge in [-0.25, -0.2) is 0 Å². The normalized spacial score (nSPS) is 23.0. The summed E-state index contributed by atoms with van der Waals surface area (Å²) in [6.07, 6.45) is 2.67. The third kappa shape index (κ3) is 2.10. The van der Waals surface area contributed by atoms with Gasteiger partial charge in [-0.05, 0) is 18.4 Å². The van der Waals surface area contributed by atoms with Crippen LogP contribution in [0, 0.1) is 0 Å². The van der Waals surface area contributed by atoms with Gasteiger partial charge in [0.25, 0.3) is 0 Å². The fourth-order valence-corrected chi connectivity index (χ4v) is 2.99. The van der Waals surface area contributed by atoms with Crippen LogP contribution in [0.3, 0.4) is 0 Å². The molecule has 54 valence electrons. The van der Waals surface area contributed by atoms with Gasteiger partial charge < -0.3 is 4.74 Å². The molecule has 0 spiro atoms. The average Bonchev–Trinajstić information content (AvgIpc) is 1.90. The maximum absolute atomic E-state index is 5.27. The highest BCUT2D eigenvalue weighted by molar-refractivity contribution is 6.57. The smallest absolute Gasteiger partial charge is 0.0465 e. The van der Waals surface area contributed by atoms with E-state index >= 15 is 0 Å². The summed E-state index contributed by atoms with van der Waals surface area (Å²) >= 11 is 0. The summed E-state index contributed by atoms with van der Waals surface area (Å²) in [5.41, 5.74) is 1.07. The minimum Gasteiger partial charge on any atom is -0.381 e. The molecule has 2 heteroatoms. The van der Waals surface area contributed by atoms with Gasteiger partial charge in [0, 0.05) is 22.0 Å². The Morgan fingerprint density at radius 3 is 2.11 bits per heavy atom. The van der Waals surface area contributed by atoms with Crippen molar-refractivity contribution >= 4 is 8.80 Å². The van der Waals surface area contributed by atoms with Gasteiger partial charge in [0.1, 0.15) is 0 Å². The number of hydrogen-bond acceptors (Lipinski definition) is 1. The quantitative estimate of drug-likeness (QED) is 0.509. The number of rotatable bonds is 1. The van der Waals surface area contributed by atoms with Gasteiger partial charge >= 0.3 is 0 Å². The fraction of sp³-hybridized carbons (Fsp3) is 1.00. The molecular formula is C7H16OSi. The van der Waals surface area contributed by atoms with Crippen LogP contribution in [0.15, 0.2) is 0 Å². The summed E-state index contributed by atoms with van der Waals surface area (Å²) in [6.45, 7) is 6.93. The van der Waals surface area contributed by atoms with Crippen LogP contribution in [0.1, 0.15) is 12.8 Å². The van der Waals surface area contributed by atoms with E-state index in [0.29, 0.717) is 0 Å². The van der Waals surface area contributed by atoms with Gasteiger partial charge in [0.2, 0.25) is 0 Å². The van der Waals surface area contributed by atoms with Gasteiger partial charge in [-0.15, -0.1) is 0 Å². The molecule has 0 N–H and O–H groups in total. The first-order chi connectivity index (χ1) is 4.30. The lowest BCUT2D eigenvalue weighted by atomic mass is 10.2. The monoisotopic (exact) mass is 144 g/mol. The Hall–Kier alpha value is 0.177. The topological polar surface area (TPSA) is 9.23 Å². The molecule has 0 atom stereocenters. The maximum atomic E-state index is 5.27. The molecule has 0 saturated carbocycles. The largest absolute Gasteiger partial charge is 0.381 e. The van der Waals surface area contributed by atoms with Crippen LogP contribution in [0.25, 0.3) is 0 Å². The molecule has 0 radical (unpaired) electrons. The third-order valence-electron chi connectivity index (χ3n) is 2.21. The van der Waals surface area contributed by atoms with E-state index in [0.717, 1.165) is 18.8 Å². The molecule has 1 rings (SSSR count). The summed E-state index contributed by atoms with van der Waals surface area (Å²) in [4.78, 5) is 0. The molecule has 1 nitrogen and oxygen atoms in total. The lowest BCUT2D eigenvalue weighted by Gasteiger charge is -2.24. The lowest BCUT2D eigenvalue weighted by Crippen LogP contribution is -2.20. The molecule has 1 aliphatic heterocycles. The molecule has 0 aliphatic carbocycles. The van der Waals surface area contributed by atoms with E-state index in [9.17, 15) is 0 Å². The Balaban J connectivity index is 2.23. The highest BCUT2D eigenvalue weighted by atomic mass is 28.3. The zero-order valence-electron chi connectivity index (χ0n) is 6.39. The summed E-state index contributed by atoms with van der Waals surface area (Å²) in [7, 11) is -0.332. The van der Waals surface area contributed by atoms with Gasteiger partial charge in [0.05, 0.1) is 0 Å². The Labute approximate surface area is 59.0 Å². The molecule has 0 aromatic carbocycles. The van der Waals surface area contributed by atoms with Crippen LogP contribution in [0.4, 0.5) is 0 Å². The number of ether oxygens (including phenoxy) is 1. The zero-order chi connectivity index (χ0) is 6.69. The zero-order valence-corrected chi connectivity index (χ0v) is 7.55. The second kappa shape index (κ2) is 3.37. The third-order valence-corrected chi connectivity index (χ3v) is 4.76. The molecule has 1 heterocycles. The molecule has 1 aliphatic rings. The predicted molar refractivity (Wildman–Crippen MR) is 42.7 cm³/mol. The van der Waals surface area contributed by atoms with E-state index in [1.54, 1.807) is 0 Å². The number of hydrogen-bond donors (Lipinski definition) is 0. The van der Waals surface area contributed by atoms with E-state index in [-0.39, 0.29) is 8.80 Å². The van der Waals surface area contributed by atoms with Gasteiger partial charge in [0.15, 0.2) is 0 Å². The summed E-state index contributed by atoms with van der Waals surface area (Å²) in [5, 5.41) is 0. The Morgan fingerprint density at radius 1 is 1.22 bits per heavy atom. The van der Waals surface area contributed by atoms with Crippen LogP contribution in [0.2, 0.25) is 18.6 Å². The Bertz CT molecular complexity index is 77.0. The van der Waals surface area contributed by atoms with Crippen molar-refractivity contribution in [2.45, 2.75) is 31.5 Å². The molecule has 0 aromatic rings. The van der Waals surface area contributed by atoms with Crippen molar-refractivity contribution in [3.63, 3.8) is 0 Å². The predicted octanol–water partition coefficient (Wildman–Crippen LogP) is 1.65. The maximum Gasteiger partial charge on any atom is 0.0465 e. The van der Waals surface area contributed by atoms with Gasteiger partial charge in [-0.2, -0.15) is 0 Å². The molecule has 9 heavy (non-hydrogen) atoms. The van der Waals surface area contributed by atoms with Crippen molar-refractivity contribution in [3.05, 3.63) is 0 Å². The highest BCUT2D eigenvalue weighted by Gasteiger charge is 2.17. The molecular weight excluding hydrogens is 128 g/mol. The van der Waals surface area contributed by atoms with Gasteiger partial charge in [-0.1, -0.05) is 13.1 Å². The first-order valence-corrected chi connectivity index (χ1v) is 6.86. The molecule has 1 saturated heterocycles. The second-order valence-corrected chi connectivity index (χ2v) is 6.62. The van der Waals surface area contributed by atoms with Gasteiger partial charge in [-0.3, -0.25) is 0 Å². The van der Waals surface area contributed by atoms with Crippen molar-refractivity contribution < 1.29 is 4.74 Å². The minimum atomic E-state index is -0.332. The highest BCUT2D eigenvalue weighted by Crippen LogP contribution is 2.23. The van der Waals surface area contributed by atoms with Crippen LogP contribution >= 0.6 is 0 Å². The van der Waals surface area contributed by atoms with E-state index < -0.39 is 0 Å². The van der Waals surface area contributed by atoms with Crippen LogP contribution in [0.5, 0.6) is 0 Å². The minimum absolute atomic E-state index is 0.332. The lowest BCUT2D eigenvalue weighted by molar-refractivity contribution is 0.0963. The SMILES string of the molecule is C[SiH](C)C1CCOCC1. The van der Waals surface area contributed by atoms with E-state index in [1.165, 1.54) is 12.8 Å². The summed E-state index contributed by atoms with van der Waals surface area (Å²) in [5.74, 6) is 0. The van der Waals surface area contributed by atoms with Crippen LogP contribution in [-0.2, 0) is 4.74 Å². The summed E-state index contributed by atoms with van der Waals surface area (Å²) in [6, 6.07) is 0. The first kappa shape index (κ1) is 7.29. The second-order valence-electron chi connectivity index (χ2n) is 3.19. The Kier molecular flexibility index (Phi) is 2.73. The van der Waals surface area contributed by atoms with E-state index in [4.69, 9.17) is 4.74 Å². The first-order valence-electron chi connectivity index (χ1n) is 3.88. The molecule has 0 bridgehead atoms. The van der Waals surface area contributed by atoms with Crippen molar-refractivity contribution in [1.82, 2.24) is 0 Å². The van der Waals surface area contributed by atoms with Crippen LogP contribution in [-0.4, -0.2) is 22.0 Å². The fourth-order valence-electron chi connectivity index (χ4n) is 1.38. The van der Waals surface area contributed by atoms with Crippen molar-refractivity contribution in [2.75, 3.05) is 13.2 Å². The summed E-state index contributed by atoms with van der Waals surface area (Å²) < 4.78 is 5.27. The Morgan fingerprint density at radius 2 is 1.78 bits per heavy atom. The average molecular weight is 144 g/mol. The molecule has 0 unspecified atom stereocenters. The van der Waals surface area contributed by atoms with E-state index in [2.05, 4.69) is 13.1 Å². The molecule has 0 aromatic heterocycles. The van der Waals surface area contributed by atoms with E-state index in [1.807, 2.05) is 0 Å². The molecule has 1 fully saturated rings. The van der Waals surface area contributed by atoms with Crippen LogP contribution < -0.4 is 0 Å². The molecule has 0 amide bonds. The van der Waals surface area contributed by atoms with Crippen molar-refractivity contribution in [1.29, 1.82) is 0 Å². The standard InChI is InChI=1S/C7H16OSi/c1-9(2)7-3-5-8-6-4-7/h7,9H,3-6H2,1-2H3.